The van der Waals surface area contributed by atoms with Crippen molar-refractivity contribution in [2.24, 2.45) is 0 Å². The first-order valence-electron chi connectivity index (χ1n) is 0. The van der Waals surface area contributed by atoms with Gasteiger partial charge in [0, 0.05) is 55.7 Å². The largest absolute Gasteiger partial charge is 2.00 e. The van der Waals surface area contributed by atoms with Crippen LogP contribution in [-0.4, -0.2) is 0 Å². The Morgan fingerprint density at radius 1 is 0.250 bits per heavy atom. The van der Waals surface area contributed by atoms with Crippen LogP contribution >= 0.6 is 0 Å². The minimum Gasteiger partial charge on any atom is -2.00 e. The van der Waals surface area contributed by atoms with E-state index in [-0.39, 0.29) is 106 Å². The second kappa shape index (κ2) is 829. The van der Waals surface area contributed by atoms with Gasteiger partial charge in [-0.1, -0.05) is 0 Å². The van der Waals surface area contributed by atoms with Crippen molar-refractivity contribution in [1.82, 2.24) is 6.15 Å². The molecule has 4 N–H and O–H groups in total. The number of hydrogen-bond donors (Lipinski definition) is 1. The Morgan fingerprint density at radius 2 is 0.250 bits per heavy atom. The Balaban J connectivity index is 0. The van der Waals surface area contributed by atoms with Crippen molar-refractivity contribution in [3.05, 3.63) is 0 Å². The van der Waals surface area contributed by atoms with Crippen molar-refractivity contribution < 1.29 is 99.5 Å². The molecule has 0 fully saturated rings. The smallest absolute Gasteiger partial charge is 0 e. The van der Waals surface area contributed by atoms with Crippen molar-refractivity contribution in [1.29, 1.82) is 0 Å². The van der Waals surface area contributed by atoms with E-state index in [4.69, 9.17) is 0 Å². The van der Waals surface area contributed by atoms with E-state index >= 15 is 0 Å². The summed E-state index contributed by atoms with van der Waals surface area (Å²) in [6.07, 6.45) is 0. The van der Waals surface area contributed by atoms with E-state index in [1.54, 1.807) is 0 Å². The second-order valence-electron chi connectivity index (χ2n) is 0. The van der Waals surface area contributed by atoms with Crippen molar-refractivity contribution in [3.63, 3.8) is 0 Å². The predicted molar refractivity (Wildman–Crippen MR) is 11.5 cm³/mol. The topological polar surface area (TPSA) is 264 Å². The third kappa shape index (κ3) is 634. The van der Waals surface area contributed by atoms with Crippen LogP contribution in [0.4, 0.5) is 0 Å². The molecule has 0 spiro atoms. The summed E-state index contributed by atoms with van der Waals surface area (Å²) in [5, 5.41) is 0. The Labute approximate surface area is 105 Å². The van der Waals surface area contributed by atoms with E-state index < -0.39 is 0 Å². The van der Waals surface area contributed by atoms with Crippen molar-refractivity contribution in [2.45, 2.75) is 0 Å². The fourth-order valence-corrected chi connectivity index (χ4v) is 0. The zero-order chi connectivity index (χ0) is 0. The summed E-state index contributed by atoms with van der Waals surface area (Å²) in [5.74, 6) is 0. The minimum absolute atomic E-state index is 0. The average Bonchev–Trinajstić information content (AvgIpc) is 0. The van der Waals surface area contributed by atoms with E-state index in [1.165, 1.54) is 0 Å². The molecule has 3 radical (unpaired) electrons. The van der Waals surface area contributed by atoms with Crippen LogP contribution in [0, 0.1) is 0 Å². The third-order valence-electron chi connectivity index (χ3n) is 0. The van der Waals surface area contributed by atoms with Gasteiger partial charge in [0.15, 0.2) is 0 Å². The Kier molecular flexibility index (Phi) is 73200. The molecule has 0 heterocycles. The summed E-state index contributed by atoms with van der Waals surface area (Å²) < 4.78 is 0. The Morgan fingerprint density at radius 3 is 0.250 bits per heavy atom. The number of hydrogen-bond acceptors (Lipinski definition) is 0. The molecule has 87 valence electrons. The van der Waals surface area contributed by atoms with Crippen LogP contribution in [0.15, 0.2) is 0 Å². The molecule has 0 saturated carbocycles. The number of rotatable bonds is 0. The molecule has 0 aromatic rings. The molecule has 0 saturated heterocycles. The van der Waals surface area contributed by atoms with Gasteiger partial charge in [0.25, 0.3) is 0 Å². The molecule has 0 atom stereocenters. The minimum atomic E-state index is 0. The molecule has 12 heavy (non-hydrogen) atoms. The van der Waals surface area contributed by atoms with Crippen LogP contribution in [-0.2, 0) is 99.5 Å². The van der Waals surface area contributed by atoms with Crippen LogP contribution in [0.1, 0.15) is 0 Å². The molecule has 0 unspecified atom stereocenters. The average molecular weight is 299 g/mol. The van der Waals surface area contributed by atoms with E-state index in [9.17, 15) is 0 Å². The van der Waals surface area contributed by atoms with E-state index in [0.717, 1.165) is 0 Å². The van der Waals surface area contributed by atoms with Gasteiger partial charge in [0.05, 0.1) is 0 Å². The molecule has 0 aliphatic rings. The molecule has 0 aromatic heterocycles. The molecule has 0 aliphatic carbocycles. The van der Waals surface area contributed by atoms with Crippen molar-refractivity contribution >= 4 is 0 Å². The van der Waals surface area contributed by atoms with Crippen molar-refractivity contribution in [2.75, 3.05) is 0 Å². The molecule has 0 aromatic carbocycles. The van der Waals surface area contributed by atoms with E-state index in [0.29, 0.717) is 0 Å². The zero-order valence-corrected chi connectivity index (χ0v) is 9.80. The molecule has 12 heteroatoms. The van der Waals surface area contributed by atoms with Crippen LogP contribution in [0.5, 0.6) is 0 Å². The molecular formula is H4NO8V3-15. The normalized spacial score (nSPS) is 0. The van der Waals surface area contributed by atoms with Gasteiger partial charge in [-0.15, -0.1) is 0 Å². The van der Waals surface area contributed by atoms with E-state index in [1.807, 2.05) is 0 Å². The maximum Gasteiger partial charge on any atom is 0 e. The predicted octanol–water partition coefficient (Wildman–Crippen LogP) is -0.582. The van der Waals surface area contributed by atoms with Crippen LogP contribution in [0.2, 0.25) is 0 Å². The van der Waals surface area contributed by atoms with Gasteiger partial charge in [-0.25, -0.2) is 0 Å². The van der Waals surface area contributed by atoms with Gasteiger partial charge in [-0.2, -0.15) is 0 Å². The van der Waals surface area contributed by atoms with Crippen LogP contribution in [0.25, 0.3) is 0 Å². The van der Waals surface area contributed by atoms with Gasteiger partial charge in [0.1, 0.15) is 0 Å². The van der Waals surface area contributed by atoms with Crippen LogP contribution in [0.3, 0.4) is 0 Å². The number of quaternary nitrogens is 1. The fourth-order valence-electron chi connectivity index (χ4n) is 0. The summed E-state index contributed by atoms with van der Waals surface area (Å²) in [6, 6.07) is 0. The van der Waals surface area contributed by atoms with Crippen molar-refractivity contribution in [3.8, 4) is 0 Å². The standard InChI is InChI=1S/H3N.8O.3V/h1H3;;;;;;;;;;;/q;8*-2;;;/p+1. The summed E-state index contributed by atoms with van der Waals surface area (Å²) in [7, 11) is 0. The summed E-state index contributed by atoms with van der Waals surface area (Å²) in [6.45, 7) is 0. The summed E-state index contributed by atoms with van der Waals surface area (Å²) in [5.41, 5.74) is 0. The van der Waals surface area contributed by atoms with Gasteiger partial charge in [-0.05, 0) is 0 Å². The first-order valence-corrected chi connectivity index (χ1v) is 0. The third-order valence-corrected chi connectivity index (χ3v) is 0. The van der Waals surface area contributed by atoms with Gasteiger partial charge in [-0.3, -0.25) is 0 Å². The monoisotopic (exact) mass is 299 g/mol. The maximum atomic E-state index is 0. The molecular weight excluding hydrogens is 295 g/mol. The Hall–Kier alpha value is 1.39. The van der Waals surface area contributed by atoms with Gasteiger partial charge >= 0.3 is 0 Å². The first kappa shape index (κ1) is 1060. The van der Waals surface area contributed by atoms with Crippen LogP contribution < -0.4 is 6.15 Å². The molecule has 0 amide bonds. The zero-order valence-electron chi connectivity index (χ0n) is 5.61. The van der Waals surface area contributed by atoms with E-state index in [2.05, 4.69) is 0 Å². The second-order valence-corrected chi connectivity index (χ2v) is 0. The molecule has 0 rings (SSSR count). The maximum absolute atomic E-state index is 0. The SMILES string of the molecule is [NH4+].[O-2].[O-2].[O-2].[O-2].[O-2].[O-2].[O-2].[O-2].[V].[V].[V]. The Bertz CT molecular complexity index is 14.3. The summed E-state index contributed by atoms with van der Waals surface area (Å²) >= 11 is 0. The molecule has 0 bridgehead atoms. The quantitative estimate of drug-likeness (QED) is 0.587. The van der Waals surface area contributed by atoms with Gasteiger partial charge < -0.3 is 50.0 Å². The molecule has 0 aliphatic heterocycles. The van der Waals surface area contributed by atoms with Gasteiger partial charge in [0.2, 0.25) is 0 Å². The first-order chi connectivity index (χ1) is 0. The fraction of sp³-hybridized carbons (Fsp3) is 0. The summed E-state index contributed by atoms with van der Waals surface area (Å²) in [4.78, 5) is 0. The molecule has 9 nitrogen and oxygen atoms in total.